The summed E-state index contributed by atoms with van der Waals surface area (Å²) in [6.45, 7) is 6.43. The predicted octanol–water partition coefficient (Wildman–Crippen LogP) is 2.89. The number of aryl methyl sites for hydroxylation is 1. The van der Waals surface area contributed by atoms with Crippen molar-refractivity contribution in [2.45, 2.75) is 19.5 Å². The zero-order valence-electron chi connectivity index (χ0n) is 16.9. The van der Waals surface area contributed by atoms with Crippen LogP contribution in [0, 0.1) is 12.7 Å². The van der Waals surface area contributed by atoms with Crippen LogP contribution in [0.2, 0.25) is 0 Å². The Balaban J connectivity index is 0.00000300. The number of nitrogens with zero attached hydrogens (tertiary/aromatic N) is 3. The number of guanidine groups is 1. The molecular weight excluding hydrogens is 484 g/mol. The van der Waals surface area contributed by atoms with Crippen LogP contribution in [0.1, 0.15) is 22.9 Å². The summed E-state index contributed by atoms with van der Waals surface area (Å²) in [4.78, 5) is 11.1. The second kappa shape index (κ2) is 12.0. The molecule has 1 aliphatic rings. The maximum Gasteiger partial charge on any atom is 0.191 e. The fourth-order valence-corrected chi connectivity index (χ4v) is 3.32. The SMILES string of the molecule is CN=C(NCc1ncccc1C)NCC(c1ccc(F)cc1)N1CCOCC1.I. The van der Waals surface area contributed by atoms with Crippen LogP contribution in [0.15, 0.2) is 47.6 Å². The topological polar surface area (TPSA) is 61.8 Å². The van der Waals surface area contributed by atoms with Crippen LogP contribution in [-0.4, -0.2) is 55.7 Å². The molecule has 1 atom stereocenters. The first-order valence-corrected chi connectivity index (χ1v) is 9.59. The number of aliphatic imine (C=N–C) groups is 1. The van der Waals surface area contributed by atoms with E-state index in [4.69, 9.17) is 4.74 Å². The summed E-state index contributed by atoms with van der Waals surface area (Å²) in [6, 6.07) is 10.8. The lowest BCUT2D eigenvalue weighted by atomic mass is 10.0. The molecule has 6 nitrogen and oxygen atoms in total. The summed E-state index contributed by atoms with van der Waals surface area (Å²) in [5, 5.41) is 6.72. The number of nitrogens with one attached hydrogen (secondary N) is 2. The van der Waals surface area contributed by atoms with E-state index in [1.54, 1.807) is 13.2 Å². The molecule has 0 amide bonds. The van der Waals surface area contributed by atoms with Gasteiger partial charge in [-0.1, -0.05) is 18.2 Å². The molecule has 2 heterocycles. The Morgan fingerprint density at radius 2 is 1.93 bits per heavy atom. The van der Waals surface area contributed by atoms with Gasteiger partial charge in [0.2, 0.25) is 0 Å². The minimum atomic E-state index is -0.222. The highest BCUT2D eigenvalue weighted by Gasteiger charge is 2.23. The Morgan fingerprint density at radius 1 is 1.21 bits per heavy atom. The Hall–Kier alpha value is -1.78. The first-order chi connectivity index (χ1) is 13.7. The van der Waals surface area contributed by atoms with Crippen LogP contribution in [0.4, 0.5) is 4.39 Å². The van der Waals surface area contributed by atoms with E-state index in [0.717, 1.165) is 29.9 Å². The lowest BCUT2D eigenvalue weighted by Gasteiger charge is -2.35. The molecule has 0 saturated carbocycles. The van der Waals surface area contributed by atoms with Crippen molar-refractivity contribution in [2.75, 3.05) is 39.9 Å². The summed E-state index contributed by atoms with van der Waals surface area (Å²) >= 11 is 0. The van der Waals surface area contributed by atoms with E-state index in [-0.39, 0.29) is 35.8 Å². The Kier molecular flexibility index (Phi) is 9.75. The third kappa shape index (κ3) is 6.90. The second-order valence-electron chi connectivity index (χ2n) is 6.79. The lowest BCUT2D eigenvalue weighted by Crippen LogP contribution is -2.46. The molecule has 0 bridgehead atoms. The van der Waals surface area contributed by atoms with E-state index in [1.807, 2.05) is 31.2 Å². The van der Waals surface area contributed by atoms with Crippen molar-refractivity contribution < 1.29 is 9.13 Å². The summed E-state index contributed by atoms with van der Waals surface area (Å²) in [7, 11) is 1.75. The minimum Gasteiger partial charge on any atom is -0.379 e. The van der Waals surface area contributed by atoms with E-state index >= 15 is 0 Å². The van der Waals surface area contributed by atoms with Gasteiger partial charge in [-0.2, -0.15) is 0 Å². The molecule has 1 fully saturated rings. The molecular formula is C21H29FIN5O. The maximum absolute atomic E-state index is 13.4. The van der Waals surface area contributed by atoms with Gasteiger partial charge >= 0.3 is 0 Å². The highest BCUT2D eigenvalue weighted by Crippen LogP contribution is 2.21. The van der Waals surface area contributed by atoms with E-state index < -0.39 is 0 Å². The van der Waals surface area contributed by atoms with Crippen LogP contribution in [0.3, 0.4) is 0 Å². The van der Waals surface area contributed by atoms with Gasteiger partial charge in [-0.3, -0.25) is 14.9 Å². The number of benzene rings is 1. The van der Waals surface area contributed by atoms with Crippen molar-refractivity contribution >= 4 is 29.9 Å². The molecule has 2 aromatic rings. The van der Waals surface area contributed by atoms with E-state index in [0.29, 0.717) is 32.3 Å². The van der Waals surface area contributed by atoms with Crippen molar-refractivity contribution in [3.63, 3.8) is 0 Å². The van der Waals surface area contributed by atoms with Crippen molar-refractivity contribution in [1.29, 1.82) is 0 Å². The van der Waals surface area contributed by atoms with Gasteiger partial charge in [0.05, 0.1) is 31.5 Å². The molecule has 0 spiro atoms. The number of hydrogen-bond donors (Lipinski definition) is 2. The average Bonchev–Trinajstić information content (AvgIpc) is 2.73. The van der Waals surface area contributed by atoms with Crippen LogP contribution in [0.25, 0.3) is 0 Å². The first kappa shape index (κ1) is 23.5. The van der Waals surface area contributed by atoms with Gasteiger partial charge in [-0.05, 0) is 36.2 Å². The van der Waals surface area contributed by atoms with Gasteiger partial charge in [0.1, 0.15) is 5.82 Å². The maximum atomic E-state index is 13.4. The van der Waals surface area contributed by atoms with E-state index in [9.17, 15) is 4.39 Å². The molecule has 0 aliphatic carbocycles. The molecule has 1 aliphatic heterocycles. The van der Waals surface area contributed by atoms with Crippen molar-refractivity contribution in [3.8, 4) is 0 Å². The number of pyridine rings is 1. The Labute approximate surface area is 189 Å². The fraction of sp³-hybridized carbons (Fsp3) is 0.429. The highest BCUT2D eigenvalue weighted by molar-refractivity contribution is 14.0. The average molecular weight is 513 g/mol. The summed E-state index contributed by atoms with van der Waals surface area (Å²) in [6.07, 6.45) is 1.79. The minimum absolute atomic E-state index is 0. The molecule has 1 aromatic carbocycles. The van der Waals surface area contributed by atoms with Gasteiger partial charge < -0.3 is 15.4 Å². The fourth-order valence-electron chi connectivity index (χ4n) is 3.32. The van der Waals surface area contributed by atoms with Gasteiger partial charge in [-0.25, -0.2) is 4.39 Å². The number of ether oxygens (including phenoxy) is 1. The highest BCUT2D eigenvalue weighted by atomic mass is 127. The summed E-state index contributed by atoms with van der Waals surface area (Å²) in [5.41, 5.74) is 3.21. The zero-order valence-corrected chi connectivity index (χ0v) is 19.2. The number of halogens is 2. The largest absolute Gasteiger partial charge is 0.379 e. The van der Waals surface area contributed by atoms with Crippen LogP contribution in [-0.2, 0) is 11.3 Å². The molecule has 158 valence electrons. The Bertz CT molecular complexity index is 781. The molecule has 1 unspecified atom stereocenters. The van der Waals surface area contributed by atoms with Crippen molar-refractivity contribution in [1.82, 2.24) is 20.5 Å². The van der Waals surface area contributed by atoms with Gasteiger partial charge in [-0.15, -0.1) is 24.0 Å². The molecule has 8 heteroatoms. The quantitative estimate of drug-likeness (QED) is 0.354. The third-order valence-corrected chi connectivity index (χ3v) is 4.97. The molecule has 3 rings (SSSR count). The first-order valence-electron chi connectivity index (χ1n) is 9.59. The third-order valence-electron chi connectivity index (χ3n) is 4.97. The molecule has 2 N–H and O–H groups in total. The summed E-state index contributed by atoms with van der Waals surface area (Å²) in [5.74, 6) is 0.492. The van der Waals surface area contributed by atoms with Crippen molar-refractivity contribution in [2.24, 2.45) is 4.99 Å². The Morgan fingerprint density at radius 3 is 2.59 bits per heavy atom. The normalized spacial score (nSPS) is 16.0. The van der Waals surface area contributed by atoms with Gasteiger partial charge in [0.15, 0.2) is 5.96 Å². The van der Waals surface area contributed by atoms with Crippen LogP contribution >= 0.6 is 24.0 Å². The van der Waals surface area contributed by atoms with Crippen LogP contribution in [0.5, 0.6) is 0 Å². The number of morpholine rings is 1. The van der Waals surface area contributed by atoms with E-state index in [2.05, 4.69) is 25.5 Å². The van der Waals surface area contributed by atoms with Gasteiger partial charge in [0, 0.05) is 32.9 Å². The monoisotopic (exact) mass is 513 g/mol. The molecule has 29 heavy (non-hydrogen) atoms. The van der Waals surface area contributed by atoms with E-state index in [1.165, 1.54) is 12.1 Å². The second-order valence-corrected chi connectivity index (χ2v) is 6.79. The smallest absolute Gasteiger partial charge is 0.191 e. The van der Waals surface area contributed by atoms with Gasteiger partial charge in [0.25, 0.3) is 0 Å². The predicted molar refractivity (Wildman–Crippen MR) is 124 cm³/mol. The molecule has 0 radical (unpaired) electrons. The number of hydrogen-bond acceptors (Lipinski definition) is 4. The molecule has 1 saturated heterocycles. The number of rotatable bonds is 6. The standard InChI is InChI=1S/C21H28FN5O.HI/c1-16-4-3-9-24-19(16)14-25-21(23-2)26-15-20(27-10-12-28-13-11-27)17-5-7-18(22)8-6-17;/h3-9,20H,10-15H2,1-2H3,(H2,23,25,26);1H. The molecule has 1 aromatic heterocycles. The zero-order chi connectivity index (χ0) is 19.8. The lowest BCUT2D eigenvalue weighted by molar-refractivity contribution is 0.0170. The summed E-state index contributed by atoms with van der Waals surface area (Å²) < 4.78 is 18.9. The van der Waals surface area contributed by atoms with Crippen molar-refractivity contribution in [3.05, 3.63) is 65.2 Å². The van der Waals surface area contributed by atoms with Crippen LogP contribution < -0.4 is 10.6 Å². The number of aromatic nitrogens is 1.